The Balaban J connectivity index is 1.58. The molecule has 5 heteroatoms. The number of hydrogen-bond acceptors (Lipinski definition) is 3. The number of nitrogens with zero attached hydrogens (tertiary/aromatic N) is 1. The van der Waals surface area contributed by atoms with E-state index in [0.717, 1.165) is 36.6 Å². The molecule has 1 aromatic heterocycles. The van der Waals surface area contributed by atoms with Gasteiger partial charge < -0.3 is 10.2 Å². The summed E-state index contributed by atoms with van der Waals surface area (Å²) in [5, 5.41) is 3.04. The summed E-state index contributed by atoms with van der Waals surface area (Å²) < 4.78 is 0. The fourth-order valence-electron chi connectivity index (χ4n) is 3.39. The van der Waals surface area contributed by atoms with Crippen LogP contribution >= 0.6 is 11.3 Å². The van der Waals surface area contributed by atoms with Crippen molar-refractivity contribution in [3.8, 4) is 0 Å². The largest absolute Gasteiger partial charge is 0.347 e. The summed E-state index contributed by atoms with van der Waals surface area (Å²) in [7, 11) is 0. The van der Waals surface area contributed by atoms with Crippen LogP contribution in [-0.2, 0) is 17.6 Å². The van der Waals surface area contributed by atoms with Crippen LogP contribution in [0.2, 0.25) is 0 Å². The van der Waals surface area contributed by atoms with Crippen molar-refractivity contribution in [1.82, 2.24) is 10.2 Å². The Kier molecular flexibility index (Phi) is 4.52. The quantitative estimate of drug-likeness (QED) is 0.927. The SMILES string of the molecule is C[C@H]1CCc2sc(C(=O)N[C@H](C)CN3CCCC3=O)cc2C1. The number of carbonyl (C=O) groups excluding carboxylic acids is 2. The molecule has 1 aromatic rings. The predicted molar refractivity (Wildman–Crippen MR) is 88.3 cm³/mol. The average molecular weight is 320 g/mol. The van der Waals surface area contributed by atoms with Gasteiger partial charge >= 0.3 is 0 Å². The molecule has 2 aliphatic rings. The van der Waals surface area contributed by atoms with Crippen LogP contribution in [0.4, 0.5) is 0 Å². The second-order valence-corrected chi connectivity index (χ2v) is 7.86. The molecule has 1 fully saturated rings. The first-order valence-corrected chi connectivity index (χ1v) is 9.05. The minimum absolute atomic E-state index is 0.00574. The maximum absolute atomic E-state index is 12.4. The van der Waals surface area contributed by atoms with E-state index in [1.807, 2.05) is 11.8 Å². The molecule has 1 N–H and O–H groups in total. The first kappa shape index (κ1) is 15.5. The van der Waals surface area contributed by atoms with E-state index in [0.29, 0.717) is 13.0 Å². The molecule has 0 unspecified atom stereocenters. The molecule has 0 saturated carbocycles. The highest BCUT2D eigenvalue weighted by molar-refractivity contribution is 7.14. The molecule has 0 bridgehead atoms. The van der Waals surface area contributed by atoms with Crippen molar-refractivity contribution < 1.29 is 9.59 Å². The molecular formula is C17H24N2O2S. The third-order valence-electron chi connectivity index (χ3n) is 4.60. The molecule has 2 amide bonds. The van der Waals surface area contributed by atoms with Crippen molar-refractivity contribution in [3.63, 3.8) is 0 Å². The van der Waals surface area contributed by atoms with Gasteiger partial charge in [0.05, 0.1) is 4.88 Å². The van der Waals surface area contributed by atoms with Crippen molar-refractivity contribution in [1.29, 1.82) is 0 Å². The lowest BCUT2D eigenvalue weighted by Crippen LogP contribution is -2.42. The minimum atomic E-state index is -0.00685. The second-order valence-electron chi connectivity index (χ2n) is 6.72. The first-order valence-electron chi connectivity index (χ1n) is 8.23. The van der Waals surface area contributed by atoms with Crippen LogP contribution in [0.3, 0.4) is 0 Å². The molecular weight excluding hydrogens is 296 g/mol. The normalized spacial score (nSPS) is 22.5. The Labute approximate surface area is 135 Å². The van der Waals surface area contributed by atoms with Gasteiger partial charge in [-0.25, -0.2) is 0 Å². The highest BCUT2D eigenvalue weighted by Crippen LogP contribution is 2.32. The van der Waals surface area contributed by atoms with Crippen LogP contribution < -0.4 is 5.32 Å². The number of carbonyl (C=O) groups is 2. The highest BCUT2D eigenvalue weighted by Gasteiger charge is 2.24. The van der Waals surface area contributed by atoms with Crippen LogP contribution in [-0.4, -0.2) is 35.8 Å². The van der Waals surface area contributed by atoms with Crippen LogP contribution in [0, 0.1) is 5.92 Å². The van der Waals surface area contributed by atoms with Crippen molar-refractivity contribution in [3.05, 3.63) is 21.4 Å². The first-order chi connectivity index (χ1) is 10.5. The van der Waals surface area contributed by atoms with E-state index in [1.165, 1.54) is 16.9 Å². The Morgan fingerprint density at radius 3 is 3.05 bits per heavy atom. The van der Waals surface area contributed by atoms with Crippen LogP contribution in [0.5, 0.6) is 0 Å². The number of rotatable bonds is 4. The third-order valence-corrected chi connectivity index (χ3v) is 5.83. The summed E-state index contributed by atoms with van der Waals surface area (Å²) in [5.41, 5.74) is 1.36. The Bertz CT molecular complexity index is 581. The van der Waals surface area contributed by atoms with Crippen LogP contribution in [0.1, 0.15) is 53.2 Å². The predicted octanol–water partition coefficient (Wildman–Crippen LogP) is 2.61. The van der Waals surface area contributed by atoms with Crippen molar-refractivity contribution in [2.24, 2.45) is 5.92 Å². The zero-order valence-corrected chi connectivity index (χ0v) is 14.2. The lowest BCUT2D eigenvalue weighted by Gasteiger charge is -2.21. The van der Waals surface area contributed by atoms with Gasteiger partial charge in [-0.3, -0.25) is 9.59 Å². The van der Waals surface area contributed by atoms with Gasteiger partial charge in [-0.1, -0.05) is 6.92 Å². The van der Waals surface area contributed by atoms with Crippen LogP contribution in [0.15, 0.2) is 6.07 Å². The summed E-state index contributed by atoms with van der Waals surface area (Å²) in [4.78, 5) is 28.1. The average Bonchev–Trinajstić information content (AvgIpc) is 3.05. The Hall–Kier alpha value is -1.36. The van der Waals surface area contributed by atoms with Gasteiger partial charge in [0.2, 0.25) is 5.91 Å². The number of amides is 2. The van der Waals surface area contributed by atoms with Crippen molar-refractivity contribution in [2.75, 3.05) is 13.1 Å². The number of aryl methyl sites for hydroxylation is 1. The molecule has 2 heterocycles. The Morgan fingerprint density at radius 2 is 2.32 bits per heavy atom. The summed E-state index contributed by atoms with van der Waals surface area (Å²) in [6, 6.07) is 2.06. The second kappa shape index (κ2) is 6.41. The lowest BCUT2D eigenvalue weighted by atomic mass is 9.90. The van der Waals surface area contributed by atoms with E-state index in [9.17, 15) is 9.59 Å². The molecule has 0 radical (unpaired) electrons. The number of nitrogens with one attached hydrogen (secondary N) is 1. The van der Waals surface area contributed by atoms with Crippen molar-refractivity contribution >= 4 is 23.2 Å². The van der Waals surface area contributed by atoms with Crippen LogP contribution in [0.25, 0.3) is 0 Å². The number of hydrogen-bond donors (Lipinski definition) is 1. The molecule has 3 rings (SSSR count). The summed E-state index contributed by atoms with van der Waals surface area (Å²) in [6.07, 6.45) is 5.01. The summed E-state index contributed by atoms with van der Waals surface area (Å²) >= 11 is 1.64. The van der Waals surface area contributed by atoms with E-state index >= 15 is 0 Å². The lowest BCUT2D eigenvalue weighted by molar-refractivity contribution is -0.127. The molecule has 4 nitrogen and oxygen atoms in total. The molecule has 2 atom stereocenters. The number of likely N-dealkylation sites (tertiary alicyclic amines) is 1. The number of fused-ring (bicyclic) bond motifs is 1. The number of thiophene rings is 1. The molecule has 120 valence electrons. The van der Waals surface area contributed by atoms with E-state index in [1.54, 1.807) is 11.3 Å². The molecule has 22 heavy (non-hydrogen) atoms. The molecule has 1 saturated heterocycles. The van der Waals surface area contributed by atoms with E-state index in [2.05, 4.69) is 18.3 Å². The maximum Gasteiger partial charge on any atom is 0.261 e. The van der Waals surface area contributed by atoms with Crippen molar-refractivity contribution in [2.45, 2.75) is 52.0 Å². The van der Waals surface area contributed by atoms with Gasteiger partial charge in [0.15, 0.2) is 0 Å². The smallest absolute Gasteiger partial charge is 0.261 e. The Morgan fingerprint density at radius 1 is 1.50 bits per heavy atom. The fraction of sp³-hybridized carbons (Fsp3) is 0.647. The summed E-state index contributed by atoms with van der Waals surface area (Å²) in [6.45, 7) is 5.69. The third kappa shape index (κ3) is 3.35. The zero-order chi connectivity index (χ0) is 15.7. The zero-order valence-electron chi connectivity index (χ0n) is 13.4. The van der Waals surface area contributed by atoms with Gasteiger partial charge in [0.25, 0.3) is 5.91 Å². The molecule has 1 aliphatic carbocycles. The molecule has 1 aliphatic heterocycles. The minimum Gasteiger partial charge on any atom is -0.347 e. The standard InChI is InChI=1S/C17H24N2O2S/c1-11-5-6-14-13(8-11)9-15(22-14)17(21)18-12(2)10-19-7-3-4-16(19)20/h9,11-12H,3-8,10H2,1-2H3,(H,18,21)/t11-,12+/m0/s1. The van der Waals surface area contributed by atoms with Gasteiger partial charge in [-0.2, -0.15) is 0 Å². The van der Waals surface area contributed by atoms with E-state index in [-0.39, 0.29) is 17.9 Å². The van der Waals surface area contributed by atoms with E-state index in [4.69, 9.17) is 0 Å². The van der Waals surface area contributed by atoms with Gasteiger partial charge in [0.1, 0.15) is 0 Å². The topological polar surface area (TPSA) is 49.4 Å². The molecule has 0 spiro atoms. The maximum atomic E-state index is 12.4. The monoisotopic (exact) mass is 320 g/mol. The molecule has 0 aromatic carbocycles. The van der Waals surface area contributed by atoms with Gasteiger partial charge in [-0.05, 0) is 50.2 Å². The van der Waals surface area contributed by atoms with Gasteiger partial charge in [-0.15, -0.1) is 11.3 Å². The highest BCUT2D eigenvalue weighted by atomic mass is 32.1. The van der Waals surface area contributed by atoms with Gasteiger partial charge in [0, 0.05) is 30.4 Å². The fourth-order valence-corrected chi connectivity index (χ4v) is 4.50. The van der Waals surface area contributed by atoms with E-state index < -0.39 is 0 Å². The summed E-state index contributed by atoms with van der Waals surface area (Å²) in [5.74, 6) is 0.936.